The first-order chi connectivity index (χ1) is 12.2. The Kier molecular flexibility index (Phi) is 6.39. The number of rotatable bonds is 7. The van der Waals surface area contributed by atoms with Gasteiger partial charge in [-0.3, -0.25) is 4.79 Å². The second kappa shape index (κ2) is 8.33. The molecule has 2 rings (SSSR count). The molecule has 2 aromatic rings. The maximum Gasteiger partial charge on any atom is 0.242 e. The first kappa shape index (κ1) is 19.9. The summed E-state index contributed by atoms with van der Waals surface area (Å²) in [6.07, 6.45) is 0. The largest absolute Gasteiger partial charge is 0.376 e. The number of carbonyl (C=O) groups is 1. The molecule has 7 heteroatoms. The highest BCUT2D eigenvalue weighted by Gasteiger charge is 2.18. The molecule has 2 N–H and O–H groups in total. The van der Waals surface area contributed by atoms with Crippen LogP contribution in [0.2, 0.25) is 0 Å². The number of hydrogen-bond acceptors (Lipinski definition) is 4. The number of amides is 1. The van der Waals surface area contributed by atoms with Crippen molar-refractivity contribution < 1.29 is 13.2 Å². The Bertz CT molecular complexity index is 875. The number of carbonyl (C=O) groups excluding carboxylic acids is 1. The highest BCUT2D eigenvalue weighted by molar-refractivity contribution is 7.89. The Balaban J connectivity index is 1.98. The van der Waals surface area contributed by atoms with Gasteiger partial charge in [-0.25, -0.2) is 12.7 Å². The molecule has 0 fully saturated rings. The van der Waals surface area contributed by atoms with Gasteiger partial charge in [-0.2, -0.15) is 0 Å². The molecular formula is C19H25N3O3S. The first-order valence-electron chi connectivity index (χ1n) is 8.29. The molecule has 0 aliphatic rings. The summed E-state index contributed by atoms with van der Waals surface area (Å²) in [4.78, 5) is 12.2. The Labute approximate surface area is 155 Å². The molecule has 1 amide bonds. The number of hydrogen-bond donors (Lipinski definition) is 2. The Hall–Kier alpha value is -2.38. The van der Waals surface area contributed by atoms with E-state index in [1.54, 1.807) is 18.2 Å². The quantitative estimate of drug-likeness (QED) is 0.778. The van der Waals surface area contributed by atoms with Gasteiger partial charge in [-0.1, -0.05) is 35.9 Å². The number of nitrogens with zero attached hydrogens (tertiary/aromatic N) is 1. The summed E-state index contributed by atoms with van der Waals surface area (Å²) in [5.41, 5.74) is 3.69. The van der Waals surface area contributed by atoms with Gasteiger partial charge in [0.15, 0.2) is 0 Å². The SMILES string of the molecule is Cc1ccc(CNC(=O)CNc2cc(S(=O)(=O)N(C)C)ccc2C)cc1. The second-order valence-electron chi connectivity index (χ2n) is 6.38. The van der Waals surface area contributed by atoms with Gasteiger partial charge in [0, 0.05) is 26.3 Å². The summed E-state index contributed by atoms with van der Waals surface area (Å²) >= 11 is 0. The van der Waals surface area contributed by atoms with Gasteiger partial charge >= 0.3 is 0 Å². The van der Waals surface area contributed by atoms with Crippen molar-refractivity contribution in [2.24, 2.45) is 0 Å². The highest BCUT2D eigenvalue weighted by atomic mass is 32.2. The number of benzene rings is 2. The number of sulfonamides is 1. The summed E-state index contributed by atoms with van der Waals surface area (Å²) in [6.45, 7) is 4.39. The van der Waals surface area contributed by atoms with E-state index in [1.165, 1.54) is 19.7 Å². The summed E-state index contributed by atoms with van der Waals surface area (Å²) in [6, 6.07) is 12.8. The van der Waals surface area contributed by atoms with Gasteiger partial charge < -0.3 is 10.6 Å². The summed E-state index contributed by atoms with van der Waals surface area (Å²) in [7, 11) is -0.538. The van der Waals surface area contributed by atoms with Gasteiger partial charge in [0.1, 0.15) is 0 Å². The van der Waals surface area contributed by atoms with Gasteiger partial charge in [0.05, 0.1) is 11.4 Å². The van der Waals surface area contributed by atoms with Crippen LogP contribution in [0.3, 0.4) is 0 Å². The van der Waals surface area contributed by atoms with E-state index < -0.39 is 10.0 Å². The minimum atomic E-state index is -3.51. The molecule has 0 saturated heterocycles. The third kappa shape index (κ3) is 5.06. The topological polar surface area (TPSA) is 78.5 Å². The van der Waals surface area contributed by atoms with Gasteiger partial charge in [-0.05, 0) is 37.1 Å². The molecule has 0 saturated carbocycles. The van der Waals surface area contributed by atoms with Gasteiger partial charge in [-0.15, -0.1) is 0 Å². The zero-order chi connectivity index (χ0) is 19.3. The van der Waals surface area contributed by atoms with Crippen LogP contribution in [0.25, 0.3) is 0 Å². The van der Waals surface area contributed by atoms with Crippen LogP contribution in [-0.4, -0.2) is 39.3 Å². The molecule has 26 heavy (non-hydrogen) atoms. The standard InChI is InChI=1S/C19H25N3O3S/c1-14-5-8-16(9-6-14)12-21-19(23)13-20-18-11-17(10-7-15(18)2)26(24,25)22(3)4/h5-11,20H,12-13H2,1-4H3,(H,21,23). The fraction of sp³-hybridized carbons (Fsp3) is 0.316. The van der Waals surface area contributed by atoms with E-state index in [4.69, 9.17) is 0 Å². The maximum atomic E-state index is 12.2. The summed E-state index contributed by atoms with van der Waals surface area (Å²) in [5.74, 6) is -0.161. The molecule has 140 valence electrons. The molecule has 0 aliphatic heterocycles. The first-order valence-corrected chi connectivity index (χ1v) is 9.73. The summed E-state index contributed by atoms with van der Waals surface area (Å²) in [5, 5.41) is 5.86. The molecule has 0 unspecified atom stereocenters. The maximum absolute atomic E-state index is 12.2. The molecule has 0 aliphatic carbocycles. The van der Waals surface area contributed by atoms with E-state index in [0.717, 1.165) is 15.4 Å². The van der Waals surface area contributed by atoms with E-state index in [2.05, 4.69) is 10.6 Å². The average molecular weight is 375 g/mol. The molecule has 0 spiro atoms. The number of anilines is 1. The number of aryl methyl sites for hydroxylation is 2. The predicted molar refractivity (Wildman–Crippen MR) is 104 cm³/mol. The van der Waals surface area contributed by atoms with Crippen LogP contribution >= 0.6 is 0 Å². The number of nitrogens with one attached hydrogen (secondary N) is 2. The van der Waals surface area contributed by atoms with E-state index in [-0.39, 0.29) is 17.3 Å². The van der Waals surface area contributed by atoms with Crippen LogP contribution in [0.4, 0.5) is 5.69 Å². The third-order valence-corrected chi connectivity index (χ3v) is 5.85. The lowest BCUT2D eigenvalue weighted by atomic mass is 10.1. The smallest absolute Gasteiger partial charge is 0.242 e. The molecule has 0 bridgehead atoms. The normalized spacial score (nSPS) is 11.4. The third-order valence-electron chi connectivity index (χ3n) is 4.04. The zero-order valence-corrected chi connectivity index (χ0v) is 16.4. The minimum Gasteiger partial charge on any atom is -0.376 e. The zero-order valence-electron chi connectivity index (χ0n) is 15.5. The molecule has 0 heterocycles. The van der Waals surface area contributed by atoms with E-state index in [1.807, 2.05) is 38.1 Å². The van der Waals surface area contributed by atoms with E-state index >= 15 is 0 Å². The molecule has 0 atom stereocenters. The van der Waals surface area contributed by atoms with Crippen molar-refractivity contribution in [2.75, 3.05) is 26.0 Å². The molecule has 0 aromatic heterocycles. The molecule has 0 radical (unpaired) electrons. The second-order valence-corrected chi connectivity index (χ2v) is 8.53. The van der Waals surface area contributed by atoms with Crippen molar-refractivity contribution in [3.63, 3.8) is 0 Å². The van der Waals surface area contributed by atoms with Crippen molar-refractivity contribution in [2.45, 2.75) is 25.3 Å². The van der Waals surface area contributed by atoms with Gasteiger partial charge in [0.25, 0.3) is 0 Å². The van der Waals surface area contributed by atoms with Gasteiger partial charge in [0.2, 0.25) is 15.9 Å². The Morgan fingerprint density at radius 2 is 1.69 bits per heavy atom. The lowest BCUT2D eigenvalue weighted by molar-refractivity contribution is -0.119. The minimum absolute atomic E-state index is 0.0676. The molecule has 6 nitrogen and oxygen atoms in total. The fourth-order valence-corrected chi connectivity index (χ4v) is 3.24. The lowest BCUT2D eigenvalue weighted by Gasteiger charge is -2.15. The van der Waals surface area contributed by atoms with Crippen LogP contribution in [-0.2, 0) is 21.4 Å². The average Bonchev–Trinajstić information content (AvgIpc) is 2.60. The predicted octanol–water partition coefficient (Wildman–Crippen LogP) is 2.28. The van der Waals surface area contributed by atoms with E-state index in [0.29, 0.717) is 12.2 Å². The molecule has 2 aromatic carbocycles. The van der Waals surface area contributed by atoms with Crippen molar-refractivity contribution in [1.29, 1.82) is 0 Å². The fourth-order valence-electron chi connectivity index (χ4n) is 2.31. The van der Waals surface area contributed by atoms with Crippen molar-refractivity contribution in [1.82, 2.24) is 9.62 Å². The highest BCUT2D eigenvalue weighted by Crippen LogP contribution is 2.21. The van der Waals surface area contributed by atoms with Crippen LogP contribution < -0.4 is 10.6 Å². The van der Waals surface area contributed by atoms with Crippen molar-refractivity contribution in [3.05, 3.63) is 59.2 Å². The van der Waals surface area contributed by atoms with E-state index in [9.17, 15) is 13.2 Å². The Morgan fingerprint density at radius 1 is 1.04 bits per heavy atom. The van der Waals surface area contributed by atoms with Crippen LogP contribution in [0.5, 0.6) is 0 Å². The van der Waals surface area contributed by atoms with Crippen LogP contribution in [0.15, 0.2) is 47.4 Å². The van der Waals surface area contributed by atoms with Crippen LogP contribution in [0, 0.1) is 13.8 Å². The lowest BCUT2D eigenvalue weighted by Crippen LogP contribution is -2.29. The van der Waals surface area contributed by atoms with Crippen LogP contribution in [0.1, 0.15) is 16.7 Å². The van der Waals surface area contributed by atoms with Crippen molar-refractivity contribution in [3.8, 4) is 0 Å². The summed E-state index contributed by atoms with van der Waals surface area (Å²) < 4.78 is 25.6. The monoisotopic (exact) mass is 375 g/mol. The van der Waals surface area contributed by atoms with Crippen molar-refractivity contribution >= 4 is 21.6 Å². The molecular weight excluding hydrogens is 350 g/mol. The Morgan fingerprint density at radius 3 is 2.31 bits per heavy atom.